The highest BCUT2D eigenvalue weighted by molar-refractivity contribution is 9.10. The summed E-state index contributed by atoms with van der Waals surface area (Å²) < 4.78 is 6.01. The summed E-state index contributed by atoms with van der Waals surface area (Å²) in [5, 5.41) is 3.03. The monoisotopic (exact) mass is 285 g/mol. The summed E-state index contributed by atoms with van der Waals surface area (Å²) in [6.07, 6.45) is -0.0708. The van der Waals surface area contributed by atoms with E-state index in [1.807, 2.05) is 39.0 Å². The maximum Gasteiger partial charge on any atom is 0.325 e. The minimum absolute atomic E-state index is 0.0708. The Morgan fingerprint density at radius 3 is 2.69 bits per heavy atom. The fraction of sp³-hybridized carbons (Fsp3) is 0.417. The fourth-order valence-corrected chi connectivity index (χ4v) is 1.92. The van der Waals surface area contributed by atoms with Crippen molar-refractivity contribution in [3.8, 4) is 0 Å². The van der Waals surface area contributed by atoms with Crippen molar-refractivity contribution in [3.05, 3.63) is 28.2 Å². The minimum atomic E-state index is -0.243. The highest BCUT2D eigenvalue weighted by Gasteiger charge is 2.05. The predicted octanol–water partition coefficient (Wildman–Crippen LogP) is 3.12. The predicted molar refractivity (Wildman–Crippen MR) is 68.6 cm³/mol. The molecule has 1 rings (SSSR count). The number of anilines is 1. The lowest BCUT2D eigenvalue weighted by molar-refractivity contribution is -0.145. The number of hydrogen-bond acceptors (Lipinski definition) is 3. The second-order valence-corrected chi connectivity index (χ2v) is 4.83. The van der Waals surface area contributed by atoms with Crippen molar-refractivity contribution in [2.45, 2.75) is 26.9 Å². The normalized spacial score (nSPS) is 10.3. The molecule has 0 aliphatic rings. The maximum absolute atomic E-state index is 11.3. The van der Waals surface area contributed by atoms with Gasteiger partial charge in [0.25, 0.3) is 0 Å². The third-order valence-corrected chi connectivity index (χ3v) is 2.30. The van der Waals surface area contributed by atoms with Gasteiger partial charge in [-0.2, -0.15) is 0 Å². The quantitative estimate of drug-likeness (QED) is 0.864. The summed E-state index contributed by atoms with van der Waals surface area (Å²) in [5.41, 5.74) is 2.04. The van der Waals surface area contributed by atoms with Crippen LogP contribution in [0.3, 0.4) is 0 Å². The van der Waals surface area contributed by atoms with Crippen LogP contribution in [0.2, 0.25) is 0 Å². The van der Waals surface area contributed by atoms with Crippen LogP contribution in [0.25, 0.3) is 0 Å². The van der Waals surface area contributed by atoms with Gasteiger partial charge in [0.15, 0.2) is 0 Å². The number of carbonyl (C=O) groups excluding carboxylic acids is 1. The van der Waals surface area contributed by atoms with Gasteiger partial charge in [0.05, 0.1) is 6.10 Å². The Balaban J connectivity index is 2.51. The van der Waals surface area contributed by atoms with Crippen LogP contribution in [0, 0.1) is 6.92 Å². The van der Waals surface area contributed by atoms with E-state index < -0.39 is 0 Å². The number of carbonyl (C=O) groups is 1. The van der Waals surface area contributed by atoms with E-state index in [9.17, 15) is 4.79 Å². The molecule has 0 radical (unpaired) electrons. The Morgan fingerprint density at radius 1 is 1.44 bits per heavy atom. The van der Waals surface area contributed by atoms with Gasteiger partial charge in [-0.05, 0) is 44.5 Å². The first-order chi connectivity index (χ1) is 7.47. The molecule has 1 N–H and O–H groups in total. The Kier molecular flexibility index (Phi) is 4.80. The number of hydrogen-bond donors (Lipinski definition) is 1. The molecule has 88 valence electrons. The van der Waals surface area contributed by atoms with Crippen LogP contribution in [0.5, 0.6) is 0 Å². The van der Waals surface area contributed by atoms with Crippen molar-refractivity contribution in [1.82, 2.24) is 0 Å². The molecular weight excluding hydrogens is 270 g/mol. The number of nitrogens with one attached hydrogen (secondary N) is 1. The number of esters is 1. The van der Waals surface area contributed by atoms with E-state index in [0.717, 1.165) is 15.7 Å². The molecule has 0 bridgehead atoms. The van der Waals surface area contributed by atoms with Gasteiger partial charge in [0.2, 0.25) is 0 Å². The standard InChI is InChI=1S/C12H16BrNO2/c1-8(2)16-12(15)7-14-11-5-9(3)4-10(13)6-11/h4-6,8,14H,7H2,1-3H3. The number of rotatable bonds is 4. The molecule has 0 heterocycles. The Bertz CT molecular complexity index is 357. The number of benzene rings is 1. The second kappa shape index (κ2) is 5.89. The van der Waals surface area contributed by atoms with Crippen LogP contribution in [0.4, 0.5) is 5.69 Å². The van der Waals surface area contributed by atoms with Crippen LogP contribution in [-0.2, 0) is 9.53 Å². The van der Waals surface area contributed by atoms with Crippen LogP contribution >= 0.6 is 15.9 Å². The molecule has 1 aromatic rings. The second-order valence-electron chi connectivity index (χ2n) is 3.91. The van der Waals surface area contributed by atoms with E-state index >= 15 is 0 Å². The van der Waals surface area contributed by atoms with Crippen molar-refractivity contribution < 1.29 is 9.53 Å². The molecule has 3 nitrogen and oxygen atoms in total. The van der Waals surface area contributed by atoms with Crippen molar-refractivity contribution in [2.75, 3.05) is 11.9 Å². The summed E-state index contributed by atoms with van der Waals surface area (Å²) in [7, 11) is 0. The van der Waals surface area contributed by atoms with E-state index in [0.29, 0.717) is 0 Å². The lowest BCUT2D eigenvalue weighted by Crippen LogP contribution is -2.20. The lowest BCUT2D eigenvalue weighted by atomic mass is 10.2. The zero-order valence-corrected chi connectivity index (χ0v) is 11.3. The Morgan fingerprint density at radius 2 is 2.12 bits per heavy atom. The lowest BCUT2D eigenvalue weighted by Gasteiger charge is -2.10. The van der Waals surface area contributed by atoms with E-state index in [4.69, 9.17) is 4.74 Å². The fourth-order valence-electron chi connectivity index (χ4n) is 1.32. The van der Waals surface area contributed by atoms with Crippen LogP contribution in [0.1, 0.15) is 19.4 Å². The zero-order chi connectivity index (χ0) is 12.1. The summed E-state index contributed by atoms with van der Waals surface area (Å²) >= 11 is 3.40. The van der Waals surface area contributed by atoms with Gasteiger partial charge in [-0.25, -0.2) is 0 Å². The molecule has 0 amide bonds. The molecule has 0 aliphatic heterocycles. The number of aryl methyl sites for hydroxylation is 1. The van der Waals surface area contributed by atoms with Gasteiger partial charge in [-0.15, -0.1) is 0 Å². The largest absolute Gasteiger partial charge is 0.462 e. The van der Waals surface area contributed by atoms with E-state index in [1.165, 1.54) is 0 Å². The smallest absolute Gasteiger partial charge is 0.325 e. The summed E-state index contributed by atoms with van der Waals surface area (Å²) in [6, 6.07) is 5.92. The average molecular weight is 286 g/mol. The molecule has 0 atom stereocenters. The van der Waals surface area contributed by atoms with E-state index in [1.54, 1.807) is 0 Å². The molecule has 1 aromatic carbocycles. The molecule has 0 saturated heterocycles. The number of ether oxygens (including phenoxy) is 1. The summed E-state index contributed by atoms with van der Waals surface area (Å²) in [5.74, 6) is -0.243. The first-order valence-corrected chi connectivity index (χ1v) is 5.97. The molecule has 16 heavy (non-hydrogen) atoms. The van der Waals surface area contributed by atoms with Gasteiger partial charge in [-0.1, -0.05) is 15.9 Å². The first-order valence-electron chi connectivity index (χ1n) is 5.18. The van der Waals surface area contributed by atoms with Crippen LogP contribution < -0.4 is 5.32 Å². The highest BCUT2D eigenvalue weighted by Crippen LogP contribution is 2.18. The Labute approximate surface area is 104 Å². The topological polar surface area (TPSA) is 38.3 Å². The molecule has 0 fully saturated rings. The number of halogens is 1. The van der Waals surface area contributed by atoms with Gasteiger partial charge in [-0.3, -0.25) is 4.79 Å². The van der Waals surface area contributed by atoms with Crippen molar-refractivity contribution in [3.63, 3.8) is 0 Å². The van der Waals surface area contributed by atoms with Crippen LogP contribution in [0.15, 0.2) is 22.7 Å². The van der Waals surface area contributed by atoms with Gasteiger partial charge >= 0.3 is 5.97 Å². The SMILES string of the molecule is Cc1cc(Br)cc(NCC(=O)OC(C)C)c1. The Hall–Kier alpha value is -1.03. The van der Waals surface area contributed by atoms with Crippen molar-refractivity contribution >= 4 is 27.6 Å². The molecule has 0 saturated carbocycles. The summed E-state index contributed by atoms with van der Waals surface area (Å²) in [4.78, 5) is 11.3. The molecule has 0 aromatic heterocycles. The molecule has 0 unspecified atom stereocenters. The van der Waals surface area contributed by atoms with Gasteiger partial charge < -0.3 is 10.1 Å². The van der Waals surface area contributed by atoms with Crippen molar-refractivity contribution in [1.29, 1.82) is 0 Å². The average Bonchev–Trinajstić information content (AvgIpc) is 2.12. The third-order valence-electron chi connectivity index (χ3n) is 1.85. The maximum atomic E-state index is 11.3. The first kappa shape index (κ1) is 13.0. The van der Waals surface area contributed by atoms with E-state index in [2.05, 4.69) is 21.2 Å². The minimum Gasteiger partial charge on any atom is -0.462 e. The van der Waals surface area contributed by atoms with Crippen molar-refractivity contribution in [2.24, 2.45) is 0 Å². The molecular formula is C12H16BrNO2. The van der Waals surface area contributed by atoms with Gasteiger partial charge in [0, 0.05) is 10.2 Å². The molecule has 4 heteroatoms. The highest BCUT2D eigenvalue weighted by atomic mass is 79.9. The zero-order valence-electron chi connectivity index (χ0n) is 9.71. The third kappa shape index (κ3) is 4.66. The summed E-state index contributed by atoms with van der Waals surface area (Å²) in [6.45, 7) is 5.86. The molecule has 0 spiro atoms. The van der Waals surface area contributed by atoms with Gasteiger partial charge in [0.1, 0.15) is 6.54 Å². The van der Waals surface area contributed by atoms with E-state index in [-0.39, 0.29) is 18.6 Å². The molecule has 0 aliphatic carbocycles. The van der Waals surface area contributed by atoms with Crippen LogP contribution in [-0.4, -0.2) is 18.6 Å².